The molecule has 2 amide bonds. The van der Waals surface area contributed by atoms with Gasteiger partial charge in [0, 0.05) is 56.9 Å². The molecule has 2 aromatic carbocycles. The number of hydrogen-bond acceptors (Lipinski definition) is 3. The van der Waals surface area contributed by atoms with E-state index < -0.39 is 0 Å². The summed E-state index contributed by atoms with van der Waals surface area (Å²) in [6.07, 6.45) is 5.68. The van der Waals surface area contributed by atoms with Gasteiger partial charge in [-0.3, -0.25) is 9.59 Å². The van der Waals surface area contributed by atoms with E-state index in [0.717, 1.165) is 81.3 Å². The molecule has 1 N–H and O–H groups in total. The average molecular weight is 519 g/mol. The highest BCUT2D eigenvalue weighted by Crippen LogP contribution is 2.41. The minimum atomic E-state index is 0.0625. The lowest BCUT2D eigenvalue weighted by molar-refractivity contribution is -0.132. The summed E-state index contributed by atoms with van der Waals surface area (Å²) in [5.74, 6) is 0.178. The molecule has 0 radical (unpaired) electrons. The van der Waals surface area contributed by atoms with Crippen LogP contribution in [0.5, 0.6) is 0 Å². The summed E-state index contributed by atoms with van der Waals surface area (Å²) in [4.78, 5) is 32.2. The Bertz CT molecular complexity index is 1170. The molecule has 1 spiro atoms. The van der Waals surface area contributed by atoms with Gasteiger partial charge < -0.3 is 20.0 Å². The van der Waals surface area contributed by atoms with Gasteiger partial charge in [0.15, 0.2) is 5.11 Å². The van der Waals surface area contributed by atoms with Crippen LogP contribution in [-0.2, 0) is 16.0 Å². The Balaban J connectivity index is 1.09. The van der Waals surface area contributed by atoms with Gasteiger partial charge in [-0.05, 0) is 98.5 Å². The third-order valence-electron chi connectivity index (χ3n) is 8.34. The number of nitrogens with one attached hydrogen (secondary N) is 1. The van der Waals surface area contributed by atoms with Crippen molar-refractivity contribution in [2.24, 2.45) is 5.41 Å². The molecule has 3 heterocycles. The maximum Gasteiger partial charge on any atom is 0.227 e. The second kappa shape index (κ2) is 10.8. The van der Waals surface area contributed by atoms with Crippen molar-refractivity contribution in [2.75, 3.05) is 42.9 Å². The summed E-state index contributed by atoms with van der Waals surface area (Å²) < 4.78 is 0. The van der Waals surface area contributed by atoms with E-state index in [1.54, 1.807) is 0 Å². The lowest BCUT2D eigenvalue weighted by Crippen LogP contribution is -2.46. The summed E-state index contributed by atoms with van der Waals surface area (Å²) in [5, 5.41) is 4.20. The molecule has 7 heteroatoms. The zero-order chi connectivity index (χ0) is 26.0. The van der Waals surface area contributed by atoms with Crippen LogP contribution in [-0.4, -0.2) is 59.5 Å². The van der Waals surface area contributed by atoms with Crippen molar-refractivity contribution >= 4 is 40.5 Å². The van der Waals surface area contributed by atoms with Crippen LogP contribution in [0.25, 0.3) is 0 Å². The number of fused-ring (bicyclic) bond motifs is 1. The monoisotopic (exact) mass is 518 g/mol. The number of nitrogens with zero attached hydrogens (tertiary/aromatic N) is 3. The number of benzene rings is 2. The Labute approximate surface area is 226 Å². The number of likely N-dealkylation sites (tertiary alicyclic amines) is 2. The maximum atomic E-state index is 13.0. The van der Waals surface area contributed by atoms with E-state index in [1.165, 1.54) is 16.7 Å². The smallest absolute Gasteiger partial charge is 0.227 e. The first kappa shape index (κ1) is 25.7. The predicted octanol–water partition coefficient (Wildman–Crippen LogP) is 5.07. The van der Waals surface area contributed by atoms with Crippen molar-refractivity contribution in [3.63, 3.8) is 0 Å². The SMILES string of the molecule is Cc1cc(C)cc(NC(=S)N2CCC3(CCN(C(=O)CCC(=O)N4CCCc5ccccc54)C3)CC2)c1. The molecule has 6 nitrogen and oxygen atoms in total. The maximum absolute atomic E-state index is 13.0. The van der Waals surface area contributed by atoms with Gasteiger partial charge >= 0.3 is 0 Å². The van der Waals surface area contributed by atoms with Gasteiger partial charge in [0.1, 0.15) is 0 Å². The molecule has 5 rings (SSSR count). The van der Waals surface area contributed by atoms with Crippen LogP contribution in [0, 0.1) is 19.3 Å². The number of anilines is 2. The lowest BCUT2D eigenvalue weighted by Gasteiger charge is -2.40. The predicted molar refractivity (Wildman–Crippen MR) is 153 cm³/mol. The van der Waals surface area contributed by atoms with Crippen LogP contribution in [0.1, 0.15) is 55.2 Å². The molecule has 0 saturated carbocycles. The second-order valence-corrected chi connectivity index (χ2v) is 11.5. The molecular formula is C30H38N4O2S. The van der Waals surface area contributed by atoms with Crippen molar-refractivity contribution in [1.29, 1.82) is 0 Å². The van der Waals surface area contributed by atoms with Crippen LogP contribution in [0.2, 0.25) is 0 Å². The first-order valence-corrected chi connectivity index (χ1v) is 14.0. The number of carbonyl (C=O) groups excluding carboxylic acids is 2. The van der Waals surface area contributed by atoms with Crippen molar-refractivity contribution in [3.05, 3.63) is 59.2 Å². The quantitative estimate of drug-likeness (QED) is 0.573. The van der Waals surface area contributed by atoms with E-state index in [4.69, 9.17) is 12.2 Å². The molecule has 0 aliphatic carbocycles. The molecule has 0 atom stereocenters. The normalized spacial score (nSPS) is 18.6. The molecule has 196 valence electrons. The van der Waals surface area contributed by atoms with Gasteiger partial charge in [0.25, 0.3) is 0 Å². The molecule has 2 aromatic rings. The van der Waals surface area contributed by atoms with E-state index >= 15 is 0 Å². The fraction of sp³-hybridized carbons (Fsp3) is 0.500. The minimum Gasteiger partial charge on any atom is -0.349 e. The summed E-state index contributed by atoms with van der Waals surface area (Å²) >= 11 is 5.72. The number of rotatable bonds is 4. The zero-order valence-electron chi connectivity index (χ0n) is 22.1. The highest BCUT2D eigenvalue weighted by Gasteiger charge is 2.42. The minimum absolute atomic E-state index is 0.0625. The molecule has 2 fully saturated rings. The fourth-order valence-electron chi connectivity index (χ4n) is 6.29. The Morgan fingerprint density at radius 1 is 0.892 bits per heavy atom. The Hall–Kier alpha value is -2.93. The number of aryl methyl sites for hydroxylation is 3. The van der Waals surface area contributed by atoms with Gasteiger partial charge in [-0.15, -0.1) is 0 Å². The Morgan fingerprint density at radius 2 is 1.54 bits per heavy atom. The lowest BCUT2D eigenvalue weighted by atomic mass is 9.78. The third kappa shape index (κ3) is 5.82. The van der Waals surface area contributed by atoms with Crippen LogP contribution in [0.3, 0.4) is 0 Å². The van der Waals surface area contributed by atoms with Gasteiger partial charge in [-0.2, -0.15) is 0 Å². The number of thiocarbonyl (C=S) groups is 1. The molecule has 0 unspecified atom stereocenters. The van der Waals surface area contributed by atoms with E-state index in [1.807, 2.05) is 28.0 Å². The van der Waals surface area contributed by atoms with E-state index in [9.17, 15) is 9.59 Å². The van der Waals surface area contributed by atoms with Crippen molar-refractivity contribution in [1.82, 2.24) is 9.80 Å². The molecule has 0 aromatic heterocycles. The van der Waals surface area contributed by atoms with Crippen molar-refractivity contribution in [2.45, 2.75) is 58.8 Å². The van der Waals surface area contributed by atoms with Gasteiger partial charge in [0.05, 0.1) is 0 Å². The van der Waals surface area contributed by atoms with Gasteiger partial charge in [-0.25, -0.2) is 0 Å². The number of hydrogen-bond donors (Lipinski definition) is 1. The number of para-hydroxylation sites is 1. The first-order valence-electron chi connectivity index (χ1n) is 13.6. The largest absolute Gasteiger partial charge is 0.349 e. The Kier molecular flexibility index (Phi) is 7.52. The van der Waals surface area contributed by atoms with Crippen LogP contribution < -0.4 is 10.2 Å². The highest BCUT2D eigenvalue weighted by atomic mass is 32.1. The molecule has 0 bridgehead atoms. The summed E-state index contributed by atoms with van der Waals surface area (Å²) in [7, 11) is 0. The highest BCUT2D eigenvalue weighted by molar-refractivity contribution is 7.80. The topological polar surface area (TPSA) is 55.9 Å². The van der Waals surface area contributed by atoms with E-state index in [2.05, 4.69) is 48.3 Å². The molecule has 2 saturated heterocycles. The number of amides is 2. The van der Waals surface area contributed by atoms with Gasteiger partial charge in [0.2, 0.25) is 11.8 Å². The van der Waals surface area contributed by atoms with E-state index in [0.29, 0.717) is 6.42 Å². The summed E-state index contributed by atoms with van der Waals surface area (Å²) in [6, 6.07) is 14.5. The fourth-order valence-corrected chi connectivity index (χ4v) is 6.59. The number of piperidine rings is 1. The van der Waals surface area contributed by atoms with Crippen LogP contribution in [0.15, 0.2) is 42.5 Å². The molecule has 37 heavy (non-hydrogen) atoms. The summed E-state index contributed by atoms with van der Waals surface area (Å²) in [5.41, 5.74) is 5.91. The average Bonchev–Trinajstić information content (AvgIpc) is 3.30. The van der Waals surface area contributed by atoms with Crippen LogP contribution in [0.4, 0.5) is 11.4 Å². The molecule has 3 aliphatic rings. The molecular weight excluding hydrogens is 480 g/mol. The summed E-state index contributed by atoms with van der Waals surface area (Å²) in [6.45, 7) is 8.36. The van der Waals surface area contributed by atoms with Crippen molar-refractivity contribution in [3.8, 4) is 0 Å². The zero-order valence-corrected chi connectivity index (χ0v) is 22.9. The Morgan fingerprint density at radius 3 is 2.27 bits per heavy atom. The number of carbonyl (C=O) groups is 2. The third-order valence-corrected chi connectivity index (χ3v) is 8.70. The molecule has 3 aliphatic heterocycles. The first-order chi connectivity index (χ1) is 17.8. The standard InChI is InChI=1S/C30H38N4O2S/c1-22-18-23(2)20-25(19-22)31-29(37)32-15-11-30(12-16-32)13-17-33(21-30)27(35)9-10-28(36)34-14-5-7-24-6-3-4-8-26(24)34/h3-4,6,8,18-20H,5,7,9-17,21H2,1-2H3,(H,31,37). The second-order valence-electron chi connectivity index (χ2n) is 11.1. The van der Waals surface area contributed by atoms with E-state index in [-0.39, 0.29) is 23.7 Å². The van der Waals surface area contributed by atoms with Gasteiger partial charge in [-0.1, -0.05) is 24.3 Å². The van der Waals surface area contributed by atoms with Crippen LogP contribution >= 0.6 is 12.2 Å². The van der Waals surface area contributed by atoms with Crippen molar-refractivity contribution < 1.29 is 9.59 Å².